The lowest BCUT2D eigenvalue weighted by molar-refractivity contribution is 0.0981. The second-order valence-electron chi connectivity index (χ2n) is 4.18. The molecule has 0 atom stereocenters. The summed E-state index contributed by atoms with van der Waals surface area (Å²) in [4.78, 5) is 12.4. The van der Waals surface area contributed by atoms with Crippen LogP contribution in [0.4, 0.5) is 5.69 Å². The first kappa shape index (κ1) is 13.7. The Hall–Kier alpha value is -1.72. The van der Waals surface area contributed by atoms with Crippen molar-refractivity contribution in [2.24, 2.45) is 0 Å². The van der Waals surface area contributed by atoms with E-state index in [4.69, 9.17) is 12.2 Å². The van der Waals surface area contributed by atoms with Crippen molar-refractivity contribution in [2.45, 2.75) is 13.8 Å². The first-order chi connectivity index (χ1) is 9.06. The second-order valence-corrected chi connectivity index (χ2v) is 5.54. The number of thiophene rings is 1. The third-order valence-electron chi connectivity index (χ3n) is 2.74. The van der Waals surface area contributed by atoms with Gasteiger partial charge in [-0.05, 0) is 60.8 Å². The van der Waals surface area contributed by atoms with E-state index in [0.29, 0.717) is 9.99 Å². The van der Waals surface area contributed by atoms with Gasteiger partial charge in [-0.2, -0.15) is 0 Å². The molecule has 0 aliphatic carbocycles. The van der Waals surface area contributed by atoms with Crippen molar-refractivity contribution in [2.75, 3.05) is 5.32 Å². The summed E-state index contributed by atoms with van der Waals surface area (Å²) in [6.07, 6.45) is 0. The highest BCUT2D eigenvalue weighted by Crippen LogP contribution is 2.14. The zero-order chi connectivity index (χ0) is 13.8. The molecule has 0 saturated heterocycles. The van der Waals surface area contributed by atoms with Crippen molar-refractivity contribution in [1.82, 2.24) is 5.32 Å². The molecule has 0 radical (unpaired) electrons. The fourth-order valence-electron chi connectivity index (χ4n) is 1.55. The van der Waals surface area contributed by atoms with Crippen LogP contribution in [0.3, 0.4) is 0 Å². The van der Waals surface area contributed by atoms with Crippen LogP contribution in [0.25, 0.3) is 0 Å². The number of benzene rings is 1. The number of anilines is 1. The summed E-state index contributed by atoms with van der Waals surface area (Å²) < 4.78 is 0. The number of hydrogen-bond acceptors (Lipinski definition) is 3. The first-order valence-electron chi connectivity index (χ1n) is 5.79. The van der Waals surface area contributed by atoms with Crippen LogP contribution in [0.2, 0.25) is 0 Å². The minimum absolute atomic E-state index is 0.184. The van der Waals surface area contributed by atoms with Crippen molar-refractivity contribution in [3.05, 3.63) is 51.7 Å². The Labute approximate surface area is 121 Å². The van der Waals surface area contributed by atoms with E-state index in [1.54, 1.807) is 6.07 Å². The Morgan fingerprint density at radius 2 is 2.00 bits per heavy atom. The van der Waals surface area contributed by atoms with Gasteiger partial charge < -0.3 is 5.32 Å². The van der Waals surface area contributed by atoms with E-state index in [1.807, 2.05) is 36.6 Å². The Kier molecular flexibility index (Phi) is 4.29. The molecule has 1 amide bonds. The Morgan fingerprint density at radius 3 is 2.63 bits per heavy atom. The van der Waals surface area contributed by atoms with Crippen LogP contribution in [0.1, 0.15) is 20.8 Å². The minimum atomic E-state index is -0.184. The summed E-state index contributed by atoms with van der Waals surface area (Å²) in [5, 5.41) is 7.83. The number of thiocarbonyl (C=S) groups is 1. The van der Waals surface area contributed by atoms with Crippen LogP contribution in [0, 0.1) is 13.8 Å². The number of nitrogens with one attached hydrogen (secondary N) is 2. The van der Waals surface area contributed by atoms with E-state index < -0.39 is 0 Å². The highest BCUT2D eigenvalue weighted by Gasteiger charge is 2.08. The van der Waals surface area contributed by atoms with Gasteiger partial charge in [-0.25, -0.2) is 0 Å². The van der Waals surface area contributed by atoms with E-state index in [9.17, 15) is 4.79 Å². The molecule has 2 N–H and O–H groups in total. The van der Waals surface area contributed by atoms with Gasteiger partial charge in [-0.1, -0.05) is 12.1 Å². The van der Waals surface area contributed by atoms with Gasteiger partial charge in [-0.15, -0.1) is 11.3 Å². The fraction of sp³-hybridized carbons (Fsp3) is 0.143. The zero-order valence-corrected chi connectivity index (χ0v) is 12.3. The third-order valence-corrected chi connectivity index (χ3v) is 3.81. The largest absolute Gasteiger partial charge is 0.332 e. The molecule has 1 aromatic heterocycles. The van der Waals surface area contributed by atoms with Gasteiger partial charge in [0, 0.05) is 5.69 Å². The van der Waals surface area contributed by atoms with Crippen LogP contribution in [-0.4, -0.2) is 11.0 Å². The van der Waals surface area contributed by atoms with Crippen LogP contribution >= 0.6 is 23.6 Å². The normalized spacial score (nSPS) is 10.0. The second kappa shape index (κ2) is 5.95. The van der Waals surface area contributed by atoms with Crippen LogP contribution in [-0.2, 0) is 0 Å². The number of hydrogen-bond donors (Lipinski definition) is 2. The Morgan fingerprint density at radius 1 is 1.21 bits per heavy atom. The number of carbonyl (C=O) groups excluding carboxylic acids is 1. The zero-order valence-electron chi connectivity index (χ0n) is 10.7. The van der Waals surface area contributed by atoms with Crippen molar-refractivity contribution in [3.8, 4) is 0 Å². The molecule has 1 heterocycles. The number of amides is 1. The Bertz CT molecular complexity index is 606. The molecular formula is C14H14N2OS2. The maximum atomic E-state index is 11.8. The van der Waals surface area contributed by atoms with Crippen LogP contribution in [0.15, 0.2) is 35.7 Å². The average molecular weight is 290 g/mol. The van der Waals surface area contributed by atoms with Crippen LogP contribution in [0.5, 0.6) is 0 Å². The van der Waals surface area contributed by atoms with E-state index in [1.165, 1.54) is 22.5 Å². The maximum Gasteiger partial charge on any atom is 0.267 e. The predicted octanol–water partition coefficient (Wildman–Crippen LogP) is 3.49. The minimum Gasteiger partial charge on any atom is -0.332 e. The van der Waals surface area contributed by atoms with Crippen molar-refractivity contribution in [1.29, 1.82) is 0 Å². The Balaban J connectivity index is 1.98. The first-order valence-corrected chi connectivity index (χ1v) is 7.08. The summed E-state index contributed by atoms with van der Waals surface area (Å²) in [5.41, 5.74) is 3.27. The van der Waals surface area contributed by atoms with E-state index >= 15 is 0 Å². The molecule has 0 aliphatic heterocycles. The van der Waals surface area contributed by atoms with E-state index in [2.05, 4.69) is 17.6 Å². The summed E-state index contributed by atoms with van der Waals surface area (Å²) in [6.45, 7) is 4.09. The van der Waals surface area contributed by atoms with Gasteiger partial charge in [0.15, 0.2) is 5.11 Å². The highest BCUT2D eigenvalue weighted by molar-refractivity contribution is 7.80. The molecule has 0 saturated carbocycles. The lowest BCUT2D eigenvalue weighted by Gasteiger charge is -2.10. The molecule has 1 aromatic carbocycles. The molecule has 0 aliphatic rings. The van der Waals surface area contributed by atoms with Gasteiger partial charge in [0.05, 0.1) is 4.88 Å². The number of rotatable bonds is 2. The number of aryl methyl sites for hydroxylation is 2. The summed E-state index contributed by atoms with van der Waals surface area (Å²) in [5.74, 6) is -0.184. The fourth-order valence-corrected chi connectivity index (χ4v) is 2.38. The lowest BCUT2D eigenvalue weighted by Crippen LogP contribution is -2.33. The van der Waals surface area contributed by atoms with Crippen molar-refractivity contribution >= 4 is 40.3 Å². The van der Waals surface area contributed by atoms with E-state index in [0.717, 1.165) is 5.69 Å². The van der Waals surface area contributed by atoms with Gasteiger partial charge in [0.25, 0.3) is 5.91 Å². The van der Waals surface area contributed by atoms with Gasteiger partial charge in [0.2, 0.25) is 0 Å². The molecule has 0 fully saturated rings. The topological polar surface area (TPSA) is 41.1 Å². The SMILES string of the molecule is Cc1ccc(NC(=S)NC(=O)c2cccs2)cc1C. The molecule has 2 aromatic rings. The predicted molar refractivity (Wildman–Crippen MR) is 83.9 cm³/mol. The lowest BCUT2D eigenvalue weighted by atomic mass is 10.1. The summed E-state index contributed by atoms with van der Waals surface area (Å²) >= 11 is 6.51. The van der Waals surface area contributed by atoms with E-state index in [-0.39, 0.29) is 5.91 Å². The molecule has 3 nitrogen and oxygen atoms in total. The van der Waals surface area contributed by atoms with Gasteiger partial charge in [-0.3, -0.25) is 10.1 Å². The van der Waals surface area contributed by atoms with Gasteiger partial charge in [0.1, 0.15) is 0 Å². The standard InChI is InChI=1S/C14H14N2OS2/c1-9-5-6-11(8-10(9)2)15-14(18)16-13(17)12-4-3-7-19-12/h3-8H,1-2H3,(H2,15,16,17,18). The third kappa shape index (κ3) is 3.62. The summed E-state index contributed by atoms with van der Waals surface area (Å²) in [6, 6.07) is 9.55. The molecule has 5 heteroatoms. The van der Waals surface area contributed by atoms with Gasteiger partial charge >= 0.3 is 0 Å². The van der Waals surface area contributed by atoms with Crippen molar-refractivity contribution in [3.63, 3.8) is 0 Å². The number of carbonyl (C=O) groups is 1. The molecule has 0 bridgehead atoms. The average Bonchev–Trinajstić information content (AvgIpc) is 2.87. The van der Waals surface area contributed by atoms with Crippen molar-refractivity contribution < 1.29 is 4.79 Å². The highest BCUT2D eigenvalue weighted by atomic mass is 32.1. The summed E-state index contributed by atoms with van der Waals surface area (Å²) in [7, 11) is 0. The molecule has 2 rings (SSSR count). The quantitative estimate of drug-likeness (QED) is 0.832. The maximum absolute atomic E-state index is 11.8. The monoisotopic (exact) mass is 290 g/mol. The van der Waals surface area contributed by atoms with Crippen LogP contribution < -0.4 is 10.6 Å². The molecule has 0 spiro atoms. The molecule has 0 unspecified atom stereocenters. The smallest absolute Gasteiger partial charge is 0.267 e. The molecular weight excluding hydrogens is 276 g/mol. The molecule has 19 heavy (non-hydrogen) atoms. The molecule has 98 valence electrons.